The van der Waals surface area contributed by atoms with E-state index in [4.69, 9.17) is 22.2 Å². The molecule has 2 rings (SSSR count). The van der Waals surface area contributed by atoms with Crippen LogP contribution in [0.3, 0.4) is 0 Å². The van der Waals surface area contributed by atoms with Crippen molar-refractivity contribution in [2.24, 2.45) is 5.84 Å². The average molecular weight is 293 g/mol. The molecule has 6 heteroatoms. The number of hydrogen-bond donors (Lipinski definition) is 2. The summed E-state index contributed by atoms with van der Waals surface area (Å²) in [6, 6.07) is 9.20. The molecule has 20 heavy (non-hydrogen) atoms. The fourth-order valence-electron chi connectivity index (χ4n) is 1.72. The summed E-state index contributed by atoms with van der Waals surface area (Å²) in [7, 11) is 0. The van der Waals surface area contributed by atoms with Gasteiger partial charge in [-0.15, -0.1) is 0 Å². The molecule has 1 aromatic carbocycles. The maximum Gasteiger partial charge on any atom is 0.219 e. The van der Waals surface area contributed by atoms with Gasteiger partial charge < -0.3 is 10.2 Å². The third-order valence-corrected chi connectivity index (χ3v) is 3.07. The van der Waals surface area contributed by atoms with Crippen LogP contribution < -0.4 is 16.0 Å². The molecule has 0 fully saturated rings. The van der Waals surface area contributed by atoms with Crippen molar-refractivity contribution in [2.45, 2.75) is 26.4 Å². The topological polar surface area (TPSA) is 73.1 Å². The van der Waals surface area contributed by atoms with E-state index >= 15 is 0 Å². The number of nitrogens with one attached hydrogen (secondary N) is 1. The molecule has 0 amide bonds. The van der Waals surface area contributed by atoms with Crippen molar-refractivity contribution < 1.29 is 4.74 Å². The molecule has 0 atom stereocenters. The Bertz CT molecular complexity index is 577. The van der Waals surface area contributed by atoms with Crippen molar-refractivity contribution in [3.05, 3.63) is 46.7 Å². The molecule has 0 aliphatic carbocycles. The number of nitrogens with two attached hydrogens (primary N) is 1. The summed E-state index contributed by atoms with van der Waals surface area (Å²) in [6.45, 7) is 2.42. The SMILES string of the molecule is CCCc1nc(NN)cc(OCc2ccccc2Cl)n1. The maximum atomic E-state index is 6.08. The minimum absolute atomic E-state index is 0.353. The minimum atomic E-state index is 0.353. The molecule has 1 aromatic heterocycles. The van der Waals surface area contributed by atoms with Crippen LogP contribution in [0.5, 0.6) is 5.88 Å². The Morgan fingerprint density at radius 2 is 2.10 bits per heavy atom. The highest BCUT2D eigenvalue weighted by Gasteiger charge is 2.06. The summed E-state index contributed by atoms with van der Waals surface area (Å²) in [4.78, 5) is 8.60. The van der Waals surface area contributed by atoms with Crippen molar-refractivity contribution >= 4 is 17.4 Å². The lowest BCUT2D eigenvalue weighted by Crippen LogP contribution is -2.11. The summed E-state index contributed by atoms with van der Waals surface area (Å²) in [6.07, 6.45) is 1.73. The lowest BCUT2D eigenvalue weighted by atomic mass is 10.2. The van der Waals surface area contributed by atoms with Gasteiger partial charge in [-0.25, -0.2) is 10.8 Å². The first-order valence-electron chi connectivity index (χ1n) is 6.43. The van der Waals surface area contributed by atoms with Gasteiger partial charge in [0, 0.05) is 23.1 Å². The zero-order valence-corrected chi connectivity index (χ0v) is 12.0. The first-order valence-corrected chi connectivity index (χ1v) is 6.81. The molecule has 0 unspecified atom stereocenters. The van der Waals surface area contributed by atoms with E-state index in [2.05, 4.69) is 22.3 Å². The average Bonchev–Trinajstić information content (AvgIpc) is 2.46. The number of nitrogens with zero attached hydrogens (tertiary/aromatic N) is 2. The molecule has 0 saturated heterocycles. The normalized spacial score (nSPS) is 10.3. The van der Waals surface area contributed by atoms with Crippen molar-refractivity contribution in [2.75, 3.05) is 5.43 Å². The molecule has 1 heterocycles. The van der Waals surface area contributed by atoms with E-state index in [1.807, 2.05) is 24.3 Å². The van der Waals surface area contributed by atoms with E-state index < -0.39 is 0 Å². The molecule has 0 bridgehead atoms. The predicted molar refractivity (Wildman–Crippen MR) is 79.6 cm³/mol. The Balaban J connectivity index is 2.12. The summed E-state index contributed by atoms with van der Waals surface area (Å²) in [5.74, 6) is 7.13. The third-order valence-electron chi connectivity index (χ3n) is 2.70. The summed E-state index contributed by atoms with van der Waals surface area (Å²) in [5.41, 5.74) is 3.43. The first kappa shape index (κ1) is 14.6. The van der Waals surface area contributed by atoms with Gasteiger partial charge in [0.25, 0.3) is 0 Å². The fraction of sp³-hybridized carbons (Fsp3) is 0.286. The Labute approximate surface area is 123 Å². The molecule has 3 N–H and O–H groups in total. The fourth-order valence-corrected chi connectivity index (χ4v) is 1.91. The van der Waals surface area contributed by atoms with Gasteiger partial charge in [-0.3, -0.25) is 0 Å². The van der Waals surface area contributed by atoms with Crippen LogP contribution in [-0.2, 0) is 13.0 Å². The predicted octanol–water partition coefficient (Wildman–Crippen LogP) is 2.95. The van der Waals surface area contributed by atoms with Crippen LogP contribution in [0.25, 0.3) is 0 Å². The van der Waals surface area contributed by atoms with Gasteiger partial charge in [-0.05, 0) is 12.5 Å². The van der Waals surface area contributed by atoms with Crippen LogP contribution in [0.1, 0.15) is 24.7 Å². The van der Waals surface area contributed by atoms with Gasteiger partial charge in [-0.2, -0.15) is 4.98 Å². The number of nitrogen functional groups attached to an aromatic ring is 1. The van der Waals surface area contributed by atoms with Gasteiger partial charge in [0.2, 0.25) is 5.88 Å². The lowest BCUT2D eigenvalue weighted by Gasteiger charge is -2.09. The first-order chi connectivity index (χ1) is 9.72. The number of hydrogen-bond acceptors (Lipinski definition) is 5. The van der Waals surface area contributed by atoms with Crippen LogP contribution in [-0.4, -0.2) is 9.97 Å². The Kier molecular flexibility index (Phi) is 5.15. The van der Waals surface area contributed by atoms with Crippen molar-refractivity contribution in [3.8, 4) is 5.88 Å². The van der Waals surface area contributed by atoms with E-state index in [0.717, 1.165) is 18.4 Å². The number of aromatic nitrogens is 2. The quantitative estimate of drug-likeness (QED) is 0.632. The number of hydrazine groups is 1. The Hall–Kier alpha value is -1.85. The van der Waals surface area contributed by atoms with Crippen molar-refractivity contribution in [1.29, 1.82) is 0 Å². The minimum Gasteiger partial charge on any atom is -0.473 e. The molecule has 0 saturated carbocycles. The number of rotatable bonds is 6. The second kappa shape index (κ2) is 7.07. The highest BCUT2D eigenvalue weighted by molar-refractivity contribution is 6.31. The van der Waals surface area contributed by atoms with Gasteiger partial charge in [0.1, 0.15) is 18.2 Å². The van der Waals surface area contributed by atoms with Crippen molar-refractivity contribution in [1.82, 2.24) is 9.97 Å². The lowest BCUT2D eigenvalue weighted by molar-refractivity contribution is 0.292. The molecule has 0 aliphatic heterocycles. The summed E-state index contributed by atoms with van der Waals surface area (Å²) >= 11 is 6.08. The highest BCUT2D eigenvalue weighted by atomic mass is 35.5. The molecular weight excluding hydrogens is 276 g/mol. The number of ether oxygens (including phenoxy) is 1. The molecule has 0 spiro atoms. The van der Waals surface area contributed by atoms with Gasteiger partial charge in [0.15, 0.2) is 0 Å². The molecular formula is C14H17ClN4O. The maximum absolute atomic E-state index is 6.08. The second-order valence-electron chi connectivity index (χ2n) is 4.28. The van der Waals surface area contributed by atoms with Crippen LogP contribution in [0, 0.1) is 0 Å². The van der Waals surface area contributed by atoms with E-state index in [9.17, 15) is 0 Å². The standard InChI is InChI=1S/C14H17ClN4O/c1-2-5-12-17-13(19-16)8-14(18-12)20-9-10-6-3-4-7-11(10)15/h3-4,6-8H,2,5,9,16H2,1H3,(H,17,18,19). The third kappa shape index (κ3) is 3.82. The smallest absolute Gasteiger partial charge is 0.219 e. The Morgan fingerprint density at radius 1 is 1.30 bits per heavy atom. The van der Waals surface area contributed by atoms with Crippen LogP contribution in [0.15, 0.2) is 30.3 Å². The Morgan fingerprint density at radius 3 is 2.80 bits per heavy atom. The molecule has 5 nitrogen and oxygen atoms in total. The number of benzene rings is 1. The van der Waals surface area contributed by atoms with Gasteiger partial charge in [-0.1, -0.05) is 36.7 Å². The number of anilines is 1. The van der Waals surface area contributed by atoms with Crippen LogP contribution in [0.2, 0.25) is 5.02 Å². The van der Waals surface area contributed by atoms with Crippen molar-refractivity contribution in [3.63, 3.8) is 0 Å². The zero-order valence-electron chi connectivity index (χ0n) is 11.3. The van der Waals surface area contributed by atoms with Crippen LogP contribution >= 0.6 is 11.6 Å². The molecule has 0 aliphatic rings. The summed E-state index contributed by atoms with van der Waals surface area (Å²) in [5, 5.41) is 0.674. The largest absolute Gasteiger partial charge is 0.473 e. The van der Waals surface area contributed by atoms with E-state index in [-0.39, 0.29) is 0 Å². The number of aryl methyl sites for hydroxylation is 1. The van der Waals surface area contributed by atoms with E-state index in [0.29, 0.717) is 29.2 Å². The highest BCUT2D eigenvalue weighted by Crippen LogP contribution is 2.19. The van der Waals surface area contributed by atoms with E-state index in [1.54, 1.807) is 6.07 Å². The monoisotopic (exact) mass is 292 g/mol. The second-order valence-corrected chi connectivity index (χ2v) is 4.69. The van der Waals surface area contributed by atoms with E-state index in [1.165, 1.54) is 0 Å². The van der Waals surface area contributed by atoms with Gasteiger partial charge >= 0.3 is 0 Å². The number of halogens is 1. The molecule has 0 radical (unpaired) electrons. The summed E-state index contributed by atoms with van der Waals surface area (Å²) < 4.78 is 5.67. The molecule has 2 aromatic rings. The van der Waals surface area contributed by atoms with Gasteiger partial charge in [0.05, 0.1) is 0 Å². The molecule has 106 valence electrons. The zero-order chi connectivity index (χ0) is 14.4. The van der Waals surface area contributed by atoms with Crippen LogP contribution in [0.4, 0.5) is 5.82 Å².